The van der Waals surface area contributed by atoms with E-state index < -0.39 is 27.0 Å². The van der Waals surface area contributed by atoms with Crippen LogP contribution in [-0.2, 0) is 14.8 Å². The number of imidazole rings is 1. The Bertz CT molecular complexity index is 1370. The summed E-state index contributed by atoms with van der Waals surface area (Å²) in [7, 11) is -2.38. The molecule has 2 aliphatic rings. The van der Waals surface area contributed by atoms with Gasteiger partial charge in [0, 0.05) is 26.4 Å². The normalized spacial score (nSPS) is 18.5. The Labute approximate surface area is 198 Å². The summed E-state index contributed by atoms with van der Waals surface area (Å²) in [4.78, 5) is 6.36. The van der Waals surface area contributed by atoms with Gasteiger partial charge in [0.25, 0.3) is 6.43 Å². The predicted octanol–water partition coefficient (Wildman–Crippen LogP) is 2.74. The smallest absolute Gasteiger partial charge is 0.291 e. The van der Waals surface area contributed by atoms with Crippen molar-refractivity contribution in [2.45, 2.75) is 48.6 Å². The number of nitriles is 1. The van der Waals surface area contributed by atoms with Gasteiger partial charge in [-0.3, -0.25) is 4.40 Å². The minimum absolute atomic E-state index is 0.0526. The summed E-state index contributed by atoms with van der Waals surface area (Å²) in [6.45, 7) is 1.28. The lowest BCUT2D eigenvalue weighted by Gasteiger charge is -2.33. The number of methoxy groups -OCH3 is 1. The molecule has 0 unspecified atom stereocenters. The minimum Gasteiger partial charge on any atom is -0.381 e. The molecule has 4 heterocycles. The van der Waals surface area contributed by atoms with Crippen LogP contribution in [0.5, 0.6) is 0 Å². The lowest BCUT2D eigenvalue weighted by Crippen LogP contribution is -2.38. The molecule has 1 saturated heterocycles. The zero-order valence-electron chi connectivity index (χ0n) is 18.1. The van der Waals surface area contributed by atoms with Crippen LogP contribution in [0.1, 0.15) is 37.1 Å². The molecule has 3 aromatic rings. The molecule has 34 heavy (non-hydrogen) atoms. The second-order valence-electron chi connectivity index (χ2n) is 8.37. The van der Waals surface area contributed by atoms with Crippen molar-refractivity contribution in [1.82, 2.24) is 24.3 Å². The van der Waals surface area contributed by atoms with Crippen molar-refractivity contribution >= 4 is 32.6 Å². The SMILES string of the molecule is COC1CCN(c2cc(S(=O)(=O)NC3(C#N)CC3)cn3c(-c4nnc(C(F)F)s4)ncc23)CC1. The quantitative estimate of drug-likeness (QED) is 0.515. The molecule has 0 atom stereocenters. The monoisotopic (exact) mass is 509 g/mol. The van der Waals surface area contributed by atoms with E-state index in [-0.39, 0.29) is 21.8 Å². The number of pyridine rings is 1. The number of aromatic nitrogens is 4. The Hall–Kier alpha value is -2.73. The number of hydrogen-bond acceptors (Lipinski definition) is 9. The standard InChI is InChI=1S/C20H21F2N7O3S2/c1-32-12-2-6-28(7-3-12)14-8-13(34(30,31)27-20(11-23)4-5-20)10-29-15(14)9-24-17(29)19-26-25-18(33-19)16(21)22/h8-10,12,16,27H,2-7H2,1H3. The Morgan fingerprint density at radius 1 is 1.32 bits per heavy atom. The summed E-state index contributed by atoms with van der Waals surface area (Å²) >= 11 is 0.701. The molecule has 14 heteroatoms. The highest BCUT2D eigenvalue weighted by Crippen LogP contribution is 2.38. The largest absolute Gasteiger partial charge is 0.381 e. The number of nitrogens with one attached hydrogen (secondary N) is 1. The number of sulfonamides is 1. The third kappa shape index (κ3) is 4.13. The van der Waals surface area contributed by atoms with E-state index in [2.05, 4.69) is 24.8 Å². The highest BCUT2D eigenvalue weighted by Gasteiger charge is 2.47. The summed E-state index contributed by atoms with van der Waals surface area (Å²) < 4.78 is 62.1. The second-order valence-corrected chi connectivity index (χ2v) is 11.1. The molecule has 0 aromatic carbocycles. The van der Waals surface area contributed by atoms with Gasteiger partial charge in [0.1, 0.15) is 10.4 Å². The maximum Gasteiger partial charge on any atom is 0.291 e. The molecule has 180 valence electrons. The van der Waals surface area contributed by atoms with Crippen molar-refractivity contribution in [3.63, 3.8) is 0 Å². The third-order valence-corrected chi connectivity index (χ3v) is 8.56. The summed E-state index contributed by atoms with van der Waals surface area (Å²) in [5.74, 6) is 0.214. The summed E-state index contributed by atoms with van der Waals surface area (Å²) in [5.41, 5.74) is 0.158. The van der Waals surface area contributed by atoms with Gasteiger partial charge in [0.15, 0.2) is 15.8 Å². The number of alkyl halides is 2. The summed E-state index contributed by atoms with van der Waals surface area (Å²) in [5, 5.41) is 16.4. The van der Waals surface area contributed by atoms with Gasteiger partial charge in [0.05, 0.1) is 29.6 Å². The van der Waals surface area contributed by atoms with Crippen molar-refractivity contribution in [3.05, 3.63) is 23.5 Å². The molecular weight excluding hydrogens is 488 g/mol. The lowest BCUT2D eigenvalue weighted by atomic mass is 10.1. The van der Waals surface area contributed by atoms with Crippen LogP contribution in [0, 0.1) is 11.3 Å². The van der Waals surface area contributed by atoms with Crippen LogP contribution >= 0.6 is 11.3 Å². The fraction of sp³-hybridized carbons (Fsp3) is 0.500. The number of nitrogens with zero attached hydrogens (tertiary/aromatic N) is 6. The van der Waals surface area contributed by atoms with Crippen molar-refractivity contribution in [1.29, 1.82) is 5.26 Å². The van der Waals surface area contributed by atoms with E-state index in [1.54, 1.807) is 19.4 Å². The van der Waals surface area contributed by atoms with Gasteiger partial charge in [-0.25, -0.2) is 22.2 Å². The van der Waals surface area contributed by atoms with Crippen LogP contribution in [-0.4, -0.2) is 59.8 Å². The molecule has 5 rings (SSSR count). The number of hydrogen-bond donors (Lipinski definition) is 1. The van der Waals surface area contributed by atoms with E-state index in [1.165, 1.54) is 10.6 Å². The van der Waals surface area contributed by atoms with Crippen molar-refractivity contribution in [2.75, 3.05) is 25.1 Å². The first kappa shape index (κ1) is 23.0. The number of ether oxygens (including phenoxy) is 1. The topological polar surface area (TPSA) is 126 Å². The van der Waals surface area contributed by atoms with E-state index in [0.29, 0.717) is 48.5 Å². The molecular formula is C20H21F2N7O3S2. The van der Waals surface area contributed by atoms with Gasteiger partial charge in [0.2, 0.25) is 10.0 Å². The van der Waals surface area contributed by atoms with Gasteiger partial charge in [-0.2, -0.15) is 9.98 Å². The lowest BCUT2D eigenvalue weighted by molar-refractivity contribution is 0.0819. The molecule has 2 fully saturated rings. The molecule has 1 N–H and O–H groups in total. The van der Waals surface area contributed by atoms with E-state index >= 15 is 0 Å². The molecule has 0 radical (unpaired) electrons. The molecule has 1 saturated carbocycles. The highest BCUT2D eigenvalue weighted by atomic mass is 32.2. The highest BCUT2D eigenvalue weighted by molar-refractivity contribution is 7.89. The molecule has 0 spiro atoms. The van der Waals surface area contributed by atoms with Crippen molar-refractivity contribution in [3.8, 4) is 16.9 Å². The predicted molar refractivity (Wildman–Crippen MR) is 119 cm³/mol. The van der Waals surface area contributed by atoms with Crippen LogP contribution < -0.4 is 9.62 Å². The second kappa shape index (κ2) is 8.49. The fourth-order valence-electron chi connectivity index (χ4n) is 4.04. The Morgan fingerprint density at radius 2 is 2.06 bits per heavy atom. The van der Waals surface area contributed by atoms with E-state index in [0.717, 1.165) is 12.8 Å². The van der Waals surface area contributed by atoms with Crippen LogP contribution in [0.15, 0.2) is 23.4 Å². The molecule has 1 aliphatic carbocycles. The number of fused-ring (bicyclic) bond motifs is 1. The van der Waals surface area contributed by atoms with Crippen LogP contribution in [0.3, 0.4) is 0 Å². The first-order valence-corrected chi connectivity index (χ1v) is 12.9. The van der Waals surface area contributed by atoms with Gasteiger partial charge in [-0.1, -0.05) is 11.3 Å². The number of piperidine rings is 1. The van der Waals surface area contributed by atoms with Gasteiger partial charge >= 0.3 is 0 Å². The van der Waals surface area contributed by atoms with Gasteiger partial charge < -0.3 is 9.64 Å². The Kier molecular flexibility index (Phi) is 5.75. The average molecular weight is 510 g/mol. The number of anilines is 1. The number of halogens is 2. The van der Waals surface area contributed by atoms with Crippen LogP contribution in [0.4, 0.5) is 14.5 Å². The van der Waals surface area contributed by atoms with Gasteiger partial charge in [-0.15, -0.1) is 10.2 Å². The zero-order chi connectivity index (χ0) is 24.1. The maximum atomic E-state index is 13.2. The first-order chi connectivity index (χ1) is 16.2. The molecule has 3 aromatic heterocycles. The first-order valence-electron chi connectivity index (χ1n) is 10.6. The Morgan fingerprint density at radius 3 is 2.65 bits per heavy atom. The van der Waals surface area contributed by atoms with Crippen molar-refractivity contribution < 1.29 is 21.9 Å². The minimum atomic E-state index is -4.05. The van der Waals surface area contributed by atoms with Crippen LogP contribution in [0.2, 0.25) is 0 Å². The van der Waals surface area contributed by atoms with E-state index in [9.17, 15) is 22.5 Å². The van der Waals surface area contributed by atoms with Crippen molar-refractivity contribution in [2.24, 2.45) is 0 Å². The molecule has 1 aliphatic heterocycles. The van der Waals surface area contributed by atoms with E-state index in [1.807, 2.05) is 6.07 Å². The fourth-order valence-corrected chi connectivity index (χ4v) is 6.12. The molecule has 10 nitrogen and oxygen atoms in total. The summed E-state index contributed by atoms with van der Waals surface area (Å²) in [6, 6.07) is 3.59. The maximum absolute atomic E-state index is 13.2. The number of rotatable bonds is 7. The third-order valence-electron chi connectivity index (χ3n) is 6.13. The molecule has 0 amide bonds. The Balaban J connectivity index is 1.62. The molecule has 0 bridgehead atoms. The van der Waals surface area contributed by atoms with Gasteiger partial charge in [-0.05, 0) is 31.7 Å². The summed E-state index contributed by atoms with van der Waals surface area (Å²) in [6.07, 6.45) is 2.73. The van der Waals surface area contributed by atoms with E-state index in [4.69, 9.17) is 4.74 Å². The zero-order valence-corrected chi connectivity index (χ0v) is 19.7. The average Bonchev–Trinajstić information content (AvgIpc) is 3.22. The van der Waals surface area contributed by atoms with Crippen LogP contribution in [0.25, 0.3) is 16.3 Å².